The van der Waals surface area contributed by atoms with Crippen LogP contribution >= 0.6 is 0 Å². The van der Waals surface area contributed by atoms with Gasteiger partial charge in [0.15, 0.2) is 5.78 Å². The molecule has 0 aliphatic heterocycles. The second-order valence-electron chi connectivity index (χ2n) is 7.31. The molecule has 0 aliphatic carbocycles. The van der Waals surface area contributed by atoms with E-state index < -0.39 is 5.92 Å². The lowest BCUT2D eigenvalue weighted by atomic mass is 9.87. The fourth-order valence-electron chi connectivity index (χ4n) is 3.66. The number of hydrogen-bond donors (Lipinski definition) is 3. The SMILES string of the molecule is C=C[C@H](c1ccc(O)cc1)c1c(O)cc(OC)c(C(=O)CCc2ccc(OC)cc2)c1O. The first-order valence-corrected chi connectivity index (χ1v) is 10.1. The van der Waals surface area contributed by atoms with E-state index in [1.165, 1.54) is 25.3 Å². The molecule has 3 aromatic carbocycles. The molecule has 0 bridgehead atoms. The predicted molar refractivity (Wildman–Crippen MR) is 122 cm³/mol. The van der Waals surface area contributed by atoms with Crippen molar-refractivity contribution >= 4 is 5.78 Å². The summed E-state index contributed by atoms with van der Waals surface area (Å²) in [5.41, 5.74) is 1.80. The number of phenolic OH excluding ortho intramolecular Hbond substituents is 3. The standard InChI is InChI=1S/C26H26O6/c1-4-20(17-8-10-18(27)11-9-17)24-22(29)15-23(32-3)25(26(24)30)21(28)14-7-16-5-12-19(31-2)13-6-16/h4-6,8-13,15,20,27,29-30H,1,7,14H2,2-3H3/t20-/m1/s1. The van der Waals surface area contributed by atoms with Crippen LogP contribution in [0.3, 0.4) is 0 Å². The summed E-state index contributed by atoms with van der Waals surface area (Å²) in [5, 5.41) is 31.2. The van der Waals surface area contributed by atoms with Crippen molar-refractivity contribution in [3.8, 4) is 28.7 Å². The first-order chi connectivity index (χ1) is 15.4. The topological polar surface area (TPSA) is 96.2 Å². The molecule has 6 nitrogen and oxygen atoms in total. The second kappa shape index (κ2) is 9.92. The van der Waals surface area contributed by atoms with Crippen molar-refractivity contribution in [2.75, 3.05) is 14.2 Å². The van der Waals surface area contributed by atoms with Gasteiger partial charge in [0, 0.05) is 24.0 Å². The van der Waals surface area contributed by atoms with Crippen LogP contribution in [0.2, 0.25) is 0 Å². The van der Waals surface area contributed by atoms with Crippen LogP contribution in [0.15, 0.2) is 67.3 Å². The van der Waals surface area contributed by atoms with Crippen LogP contribution in [0.1, 0.15) is 39.4 Å². The highest BCUT2D eigenvalue weighted by Gasteiger charge is 2.27. The normalized spacial score (nSPS) is 11.6. The fourth-order valence-corrected chi connectivity index (χ4v) is 3.66. The summed E-state index contributed by atoms with van der Waals surface area (Å²) in [4.78, 5) is 13.1. The molecule has 32 heavy (non-hydrogen) atoms. The summed E-state index contributed by atoms with van der Waals surface area (Å²) in [7, 11) is 2.96. The zero-order chi connectivity index (χ0) is 23.3. The lowest BCUT2D eigenvalue weighted by Crippen LogP contribution is -2.08. The van der Waals surface area contributed by atoms with Crippen LogP contribution in [-0.2, 0) is 6.42 Å². The highest BCUT2D eigenvalue weighted by atomic mass is 16.5. The molecule has 0 fully saturated rings. The average Bonchev–Trinajstić information content (AvgIpc) is 2.80. The Hall–Kier alpha value is -3.93. The third kappa shape index (κ3) is 4.70. The zero-order valence-corrected chi connectivity index (χ0v) is 18.0. The highest BCUT2D eigenvalue weighted by Crippen LogP contribution is 2.45. The molecule has 0 saturated heterocycles. The first-order valence-electron chi connectivity index (χ1n) is 10.1. The van der Waals surface area contributed by atoms with Gasteiger partial charge in [0.25, 0.3) is 0 Å². The predicted octanol–water partition coefficient (Wildman–Crippen LogP) is 4.95. The molecule has 3 aromatic rings. The van der Waals surface area contributed by atoms with Gasteiger partial charge < -0.3 is 24.8 Å². The summed E-state index contributed by atoms with van der Waals surface area (Å²) in [6.07, 6.45) is 2.15. The maximum absolute atomic E-state index is 13.1. The summed E-state index contributed by atoms with van der Waals surface area (Å²) in [6, 6.07) is 15.1. The number of hydrogen-bond acceptors (Lipinski definition) is 6. The highest BCUT2D eigenvalue weighted by molar-refractivity contribution is 6.02. The third-order valence-electron chi connectivity index (χ3n) is 5.38. The molecule has 6 heteroatoms. The van der Waals surface area contributed by atoms with Crippen molar-refractivity contribution in [3.63, 3.8) is 0 Å². The van der Waals surface area contributed by atoms with Crippen molar-refractivity contribution in [1.29, 1.82) is 0 Å². The van der Waals surface area contributed by atoms with E-state index in [0.717, 1.165) is 11.3 Å². The quantitative estimate of drug-likeness (QED) is 0.326. The van der Waals surface area contributed by atoms with Crippen LogP contribution in [0.4, 0.5) is 0 Å². The van der Waals surface area contributed by atoms with E-state index in [2.05, 4.69) is 6.58 Å². The Morgan fingerprint density at radius 1 is 1.00 bits per heavy atom. The Morgan fingerprint density at radius 2 is 1.66 bits per heavy atom. The first kappa shape index (κ1) is 22.7. The van der Waals surface area contributed by atoms with Crippen molar-refractivity contribution in [2.45, 2.75) is 18.8 Å². The minimum absolute atomic E-state index is 0.0134. The smallest absolute Gasteiger partial charge is 0.170 e. The van der Waals surface area contributed by atoms with Gasteiger partial charge in [-0.15, -0.1) is 6.58 Å². The van der Waals surface area contributed by atoms with Crippen LogP contribution in [0, 0.1) is 0 Å². The van der Waals surface area contributed by atoms with E-state index in [1.807, 2.05) is 24.3 Å². The number of carbonyl (C=O) groups excluding carboxylic acids is 1. The molecular formula is C26H26O6. The summed E-state index contributed by atoms with van der Waals surface area (Å²) in [6.45, 7) is 3.81. The number of aromatic hydroxyl groups is 3. The van der Waals surface area contributed by atoms with Gasteiger partial charge in [-0.3, -0.25) is 4.79 Å². The van der Waals surface area contributed by atoms with Gasteiger partial charge in [0.05, 0.1) is 14.2 Å². The molecule has 0 aromatic heterocycles. The Kier molecular flexibility index (Phi) is 7.05. The number of Topliss-reactive ketones (excluding diaryl/α,β-unsaturated/α-hetero) is 1. The number of allylic oxidation sites excluding steroid dienone is 1. The molecular weight excluding hydrogens is 408 g/mol. The van der Waals surface area contributed by atoms with Gasteiger partial charge in [-0.05, 0) is 41.8 Å². The molecule has 0 radical (unpaired) electrons. The number of rotatable bonds is 9. The van der Waals surface area contributed by atoms with Crippen molar-refractivity contribution < 1.29 is 29.6 Å². The Morgan fingerprint density at radius 3 is 2.22 bits per heavy atom. The molecule has 3 N–H and O–H groups in total. The van der Waals surface area contributed by atoms with E-state index in [9.17, 15) is 20.1 Å². The Labute approximate surface area is 187 Å². The molecule has 0 heterocycles. The Balaban J connectivity index is 1.96. The molecule has 0 unspecified atom stereocenters. The number of aryl methyl sites for hydroxylation is 1. The van der Waals surface area contributed by atoms with Gasteiger partial charge in [-0.2, -0.15) is 0 Å². The van der Waals surface area contributed by atoms with Gasteiger partial charge in [0.2, 0.25) is 0 Å². The monoisotopic (exact) mass is 434 g/mol. The minimum atomic E-state index is -0.602. The lowest BCUT2D eigenvalue weighted by Gasteiger charge is -2.20. The minimum Gasteiger partial charge on any atom is -0.508 e. The number of methoxy groups -OCH3 is 2. The summed E-state index contributed by atoms with van der Waals surface area (Å²) < 4.78 is 10.4. The number of phenols is 3. The summed E-state index contributed by atoms with van der Waals surface area (Å²) >= 11 is 0. The van der Waals surface area contributed by atoms with E-state index >= 15 is 0 Å². The Bertz CT molecular complexity index is 1100. The maximum Gasteiger partial charge on any atom is 0.170 e. The van der Waals surface area contributed by atoms with E-state index in [0.29, 0.717) is 12.0 Å². The second-order valence-corrected chi connectivity index (χ2v) is 7.31. The van der Waals surface area contributed by atoms with Gasteiger partial charge in [-0.25, -0.2) is 0 Å². The number of benzene rings is 3. The van der Waals surface area contributed by atoms with E-state index in [1.54, 1.807) is 25.3 Å². The van der Waals surface area contributed by atoms with Crippen molar-refractivity contribution in [3.05, 3.63) is 89.5 Å². The average molecular weight is 434 g/mol. The van der Waals surface area contributed by atoms with E-state index in [4.69, 9.17) is 9.47 Å². The molecule has 1 atom stereocenters. The molecule has 0 amide bonds. The van der Waals surface area contributed by atoms with Gasteiger partial charge in [0.1, 0.15) is 34.3 Å². The van der Waals surface area contributed by atoms with Crippen LogP contribution in [0.25, 0.3) is 0 Å². The maximum atomic E-state index is 13.1. The zero-order valence-electron chi connectivity index (χ0n) is 18.0. The largest absolute Gasteiger partial charge is 0.508 e. The summed E-state index contributed by atoms with van der Waals surface area (Å²) in [5.74, 6) is -0.568. The number of ketones is 1. The van der Waals surface area contributed by atoms with Crippen LogP contribution < -0.4 is 9.47 Å². The lowest BCUT2D eigenvalue weighted by molar-refractivity contribution is 0.0977. The third-order valence-corrected chi connectivity index (χ3v) is 5.38. The number of ether oxygens (including phenoxy) is 2. The van der Waals surface area contributed by atoms with Crippen LogP contribution in [0.5, 0.6) is 28.7 Å². The number of carbonyl (C=O) groups is 1. The molecule has 0 spiro atoms. The van der Waals surface area contributed by atoms with Gasteiger partial charge in [-0.1, -0.05) is 30.3 Å². The molecule has 0 saturated carbocycles. The van der Waals surface area contributed by atoms with Crippen LogP contribution in [-0.4, -0.2) is 35.3 Å². The van der Waals surface area contributed by atoms with Gasteiger partial charge >= 0.3 is 0 Å². The van der Waals surface area contributed by atoms with Crippen molar-refractivity contribution in [2.24, 2.45) is 0 Å². The molecule has 166 valence electrons. The molecule has 3 rings (SSSR count). The fraction of sp³-hybridized carbons (Fsp3) is 0.192. The van der Waals surface area contributed by atoms with E-state index in [-0.39, 0.29) is 46.3 Å². The van der Waals surface area contributed by atoms with Crippen molar-refractivity contribution in [1.82, 2.24) is 0 Å². The molecule has 0 aliphatic rings.